The van der Waals surface area contributed by atoms with Gasteiger partial charge in [-0.3, -0.25) is 4.79 Å². The first-order chi connectivity index (χ1) is 9.89. The number of rotatable bonds is 8. The first kappa shape index (κ1) is 16.7. The third-order valence-corrected chi connectivity index (χ3v) is 7.25. The van der Waals surface area contributed by atoms with Crippen molar-refractivity contribution in [2.75, 3.05) is 20.3 Å². The molecule has 0 aromatic rings. The summed E-state index contributed by atoms with van der Waals surface area (Å²) in [7, 11) is -2.06. The van der Waals surface area contributed by atoms with E-state index in [1.807, 2.05) is 6.92 Å². The summed E-state index contributed by atoms with van der Waals surface area (Å²) in [5.41, 5.74) is 0. The molecule has 1 N–H and O–H groups in total. The van der Waals surface area contributed by atoms with Crippen LogP contribution in [-0.4, -0.2) is 55.4 Å². The number of aliphatic carboxylic acids is 1. The number of nitrogens with zero attached hydrogens (tertiary/aromatic N) is 1. The second-order valence-electron chi connectivity index (χ2n) is 6.14. The Bertz CT molecular complexity index is 474. The van der Waals surface area contributed by atoms with Gasteiger partial charge in [-0.1, -0.05) is 6.42 Å². The van der Waals surface area contributed by atoms with Crippen molar-refractivity contribution in [1.82, 2.24) is 4.31 Å². The number of carboxylic acids is 1. The van der Waals surface area contributed by atoms with E-state index in [-0.39, 0.29) is 6.04 Å². The summed E-state index contributed by atoms with van der Waals surface area (Å²) in [6.45, 7) is 2.57. The topological polar surface area (TPSA) is 83.9 Å². The average Bonchev–Trinajstić information content (AvgIpc) is 3.14. The Balaban J connectivity index is 2.21. The summed E-state index contributed by atoms with van der Waals surface area (Å²) in [6, 6.07) is -0.0693. The maximum Gasteiger partial charge on any atom is 0.307 e. The molecule has 0 aromatic carbocycles. The molecular formula is C14H25NO5S. The van der Waals surface area contributed by atoms with Gasteiger partial charge < -0.3 is 9.84 Å². The SMILES string of the molecule is COCCN(C(C)C1CC1)S(=O)(=O)C1CCCC1C(=O)O. The summed E-state index contributed by atoms with van der Waals surface area (Å²) in [5, 5.41) is 8.47. The molecular weight excluding hydrogens is 294 g/mol. The summed E-state index contributed by atoms with van der Waals surface area (Å²) in [5.74, 6) is -1.36. The standard InChI is InChI=1S/C14H25NO5S/c1-10(11-6-7-11)15(8-9-20-2)21(18,19)13-5-3-4-12(13)14(16)17/h10-13H,3-9H2,1-2H3,(H,16,17). The zero-order chi connectivity index (χ0) is 15.6. The summed E-state index contributed by atoms with van der Waals surface area (Å²) < 4.78 is 32.4. The van der Waals surface area contributed by atoms with Crippen LogP contribution in [0, 0.1) is 11.8 Å². The summed E-state index contributed by atoms with van der Waals surface area (Å²) in [4.78, 5) is 11.3. The van der Waals surface area contributed by atoms with Crippen molar-refractivity contribution in [2.45, 2.75) is 50.3 Å². The van der Waals surface area contributed by atoms with Crippen molar-refractivity contribution in [1.29, 1.82) is 0 Å². The van der Waals surface area contributed by atoms with E-state index in [4.69, 9.17) is 4.74 Å². The lowest BCUT2D eigenvalue weighted by Crippen LogP contribution is -2.48. The molecule has 0 amide bonds. The van der Waals surface area contributed by atoms with Gasteiger partial charge in [-0.2, -0.15) is 4.31 Å². The van der Waals surface area contributed by atoms with E-state index in [0.29, 0.717) is 38.3 Å². The minimum absolute atomic E-state index is 0.0693. The van der Waals surface area contributed by atoms with Crippen LogP contribution in [0.4, 0.5) is 0 Å². The third-order valence-electron chi connectivity index (χ3n) is 4.75. The minimum atomic E-state index is -3.60. The van der Waals surface area contributed by atoms with Gasteiger partial charge in [-0.15, -0.1) is 0 Å². The third kappa shape index (κ3) is 3.57. The molecule has 3 atom stereocenters. The molecule has 7 heteroatoms. The van der Waals surface area contributed by atoms with Crippen molar-refractivity contribution >= 4 is 16.0 Å². The van der Waals surface area contributed by atoms with Gasteiger partial charge in [0, 0.05) is 19.7 Å². The molecule has 21 heavy (non-hydrogen) atoms. The lowest BCUT2D eigenvalue weighted by Gasteiger charge is -2.32. The molecule has 122 valence electrons. The molecule has 0 aliphatic heterocycles. The van der Waals surface area contributed by atoms with E-state index in [0.717, 1.165) is 12.8 Å². The fourth-order valence-electron chi connectivity index (χ4n) is 3.30. The second-order valence-corrected chi connectivity index (χ2v) is 8.25. The number of carbonyl (C=O) groups is 1. The van der Waals surface area contributed by atoms with Gasteiger partial charge in [0.25, 0.3) is 0 Å². The van der Waals surface area contributed by atoms with Crippen LogP contribution in [0.15, 0.2) is 0 Å². The van der Waals surface area contributed by atoms with Crippen LogP contribution in [0.1, 0.15) is 39.0 Å². The molecule has 2 fully saturated rings. The molecule has 0 radical (unpaired) electrons. The van der Waals surface area contributed by atoms with Gasteiger partial charge in [0.15, 0.2) is 0 Å². The molecule has 2 rings (SSSR count). The highest BCUT2D eigenvalue weighted by molar-refractivity contribution is 7.89. The Morgan fingerprint density at radius 3 is 2.52 bits per heavy atom. The van der Waals surface area contributed by atoms with Crippen molar-refractivity contribution in [3.05, 3.63) is 0 Å². The molecule has 0 saturated heterocycles. The molecule has 0 bridgehead atoms. The predicted octanol–water partition coefficient (Wildman–Crippen LogP) is 1.32. The molecule has 6 nitrogen and oxygen atoms in total. The van der Waals surface area contributed by atoms with Crippen molar-refractivity contribution in [3.63, 3.8) is 0 Å². The molecule has 0 aromatic heterocycles. The quantitative estimate of drug-likeness (QED) is 0.729. The van der Waals surface area contributed by atoms with Crippen LogP contribution < -0.4 is 0 Å². The fourth-order valence-corrected chi connectivity index (χ4v) is 5.74. The number of hydrogen-bond donors (Lipinski definition) is 1. The van der Waals surface area contributed by atoms with E-state index in [1.54, 1.807) is 7.11 Å². The lowest BCUT2D eigenvalue weighted by molar-refractivity contribution is -0.141. The zero-order valence-electron chi connectivity index (χ0n) is 12.7. The maximum absolute atomic E-state index is 12.9. The number of carboxylic acid groups (broad SMARTS) is 1. The first-order valence-electron chi connectivity index (χ1n) is 7.62. The highest BCUT2D eigenvalue weighted by atomic mass is 32.2. The Morgan fingerprint density at radius 1 is 1.33 bits per heavy atom. The zero-order valence-corrected chi connectivity index (χ0v) is 13.5. The molecule has 0 spiro atoms. The lowest BCUT2D eigenvalue weighted by atomic mass is 10.1. The van der Waals surface area contributed by atoms with Crippen LogP contribution in [0.2, 0.25) is 0 Å². The average molecular weight is 319 g/mol. The van der Waals surface area contributed by atoms with Crippen LogP contribution in [-0.2, 0) is 19.6 Å². The number of ether oxygens (including phenoxy) is 1. The summed E-state index contributed by atoms with van der Waals surface area (Å²) >= 11 is 0. The molecule has 3 unspecified atom stereocenters. The van der Waals surface area contributed by atoms with E-state index in [9.17, 15) is 18.3 Å². The van der Waals surface area contributed by atoms with Crippen molar-refractivity contribution < 1.29 is 23.1 Å². The monoisotopic (exact) mass is 319 g/mol. The Morgan fingerprint density at radius 2 is 2.00 bits per heavy atom. The highest BCUT2D eigenvalue weighted by Gasteiger charge is 2.47. The number of hydrogen-bond acceptors (Lipinski definition) is 4. The van der Waals surface area contributed by atoms with Gasteiger partial charge in [0.2, 0.25) is 10.0 Å². The van der Waals surface area contributed by atoms with E-state index < -0.39 is 27.2 Å². The van der Waals surface area contributed by atoms with Crippen LogP contribution in [0.5, 0.6) is 0 Å². The Hall–Kier alpha value is -0.660. The van der Waals surface area contributed by atoms with E-state index >= 15 is 0 Å². The highest BCUT2D eigenvalue weighted by Crippen LogP contribution is 2.39. The summed E-state index contributed by atoms with van der Waals surface area (Å²) in [6.07, 6.45) is 3.66. The molecule has 2 saturated carbocycles. The number of methoxy groups -OCH3 is 1. The van der Waals surface area contributed by atoms with Crippen molar-refractivity contribution in [2.24, 2.45) is 11.8 Å². The Kier molecular flexibility index (Phi) is 5.27. The van der Waals surface area contributed by atoms with Gasteiger partial charge in [0.05, 0.1) is 17.8 Å². The van der Waals surface area contributed by atoms with E-state index in [2.05, 4.69) is 0 Å². The predicted molar refractivity (Wildman–Crippen MR) is 78.5 cm³/mol. The van der Waals surface area contributed by atoms with Gasteiger partial charge in [0.1, 0.15) is 0 Å². The first-order valence-corrected chi connectivity index (χ1v) is 9.12. The molecule has 2 aliphatic rings. The maximum atomic E-state index is 12.9. The minimum Gasteiger partial charge on any atom is -0.481 e. The fraction of sp³-hybridized carbons (Fsp3) is 0.929. The second kappa shape index (κ2) is 6.62. The van der Waals surface area contributed by atoms with Gasteiger partial charge in [-0.25, -0.2) is 8.42 Å². The molecule has 0 heterocycles. The van der Waals surface area contributed by atoms with Gasteiger partial charge in [-0.05, 0) is 38.5 Å². The molecule has 2 aliphatic carbocycles. The normalized spacial score (nSPS) is 28.0. The van der Waals surface area contributed by atoms with Crippen LogP contribution >= 0.6 is 0 Å². The Labute approximate surface area is 126 Å². The van der Waals surface area contributed by atoms with Crippen LogP contribution in [0.25, 0.3) is 0 Å². The van der Waals surface area contributed by atoms with Gasteiger partial charge >= 0.3 is 5.97 Å². The van der Waals surface area contributed by atoms with Crippen molar-refractivity contribution in [3.8, 4) is 0 Å². The van der Waals surface area contributed by atoms with Crippen LogP contribution in [0.3, 0.4) is 0 Å². The number of sulfonamides is 1. The smallest absolute Gasteiger partial charge is 0.307 e. The largest absolute Gasteiger partial charge is 0.481 e. The van der Waals surface area contributed by atoms with E-state index in [1.165, 1.54) is 4.31 Å².